The third kappa shape index (κ3) is 2.41. The molecule has 0 saturated carbocycles. The molecule has 4 nitrogen and oxygen atoms in total. The molecule has 1 amide bonds. The number of pyridine rings is 1. The molecule has 1 aromatic rings. The third-order valence-corrected chi connectivity index (χ3v) is 3.27. The molecule has 1 fully saturated rings. The van der Waals surface area contributed by atoms with Crippen molar-refractivity contribution in [3.63, 3.8) is 0 Å². The highest BCUT2D eigenvalue weighted by atomic mass is 79.9. The normalized spacial score (nSPS) is 24.4. The van der Waals surface area contributed by atoms with Crippen LogP contribution in [0.5, 0.6) is 0 Å². The van der Waals surface area contributed by atoms with Crippen LogP contribution < -0.4 is 5.32 Å². The molecule has 0 aromatic carbocycles. The molecule has 1 aliphatic rings. The van der Waals surface area contributed by atoms with Crippen LogP contribution in [-0.2, 0) is 4.74 Å². The first-order valence-electron chi connectivity index (χ1n) is 5.11. The zero-order valence-corrected chi connectivity index (χ0v) is 10.6. The molecule has 0 radical (unpaired) electrons. The van der Waals surface area contributed by atoms with Gasteiger partial charge in [0, 0.05) is 12.8 Å². The summed E-state index contributed by atoms with van der Waals surface area (Å²) in [5.74, 6) is -0.118. The van der Waals surface area contributed by atoms with E-state index in [1.54, 1.807) is 18.3 Å². The molecule has 0 aliphatic carbocycles. The smallest absolute Gasteiger partial charge is 0.254 e. The van der Waals surface area contributed by atoms with Crippen LogP contribution in [0.1, 0.15) is 23.7 Å². The molecule has 5 heteroatoms. The van der Waals surface area contributed by atoms with E-state index in [-0.39, 0.29) is 11.4 Å². The number of aromatic nitrogens is 1. The Hall–Kier alpha value is -0.940. The summed E-state index contributed by atoms with van der Waals surface area (Å²) in [5.41, 5.74) is 0.294. The van der Waals surface area contributed by atoms with E-state index in [0.29, 0.717) is 23.4 Å². The number of hydrogen-bond acceptors (Lipinski definition) is 3. The first-order valence-corrected chi connectivity index (χ1v) is 5.91. The van der Waals surface area contributed by atoms with Crippen molar-refractivity contribution in [1.29, 1.82) is 0 Å². The topological polar surface area (TPSA) is 51.2 Å². The summed E-state index contributed by atoms with van der Waals surface area (Å²) >= 11 is 3.26. The number of halogens is 1. The maximum atomic E-state index is 12.0. The van der Waals surface area contributed by atoms with Gasteiger partial charge in [-0.05, 0) is 41.4 Å². The van der Waals surface area contributed by atoms with Gasteiger partial charge in [0.05, 0.1) is 17.7 Å². The molecule has 2 heterocycles. The highest BCUT2D eigenvalue weighted by molar-refractivity contribution is 9.10. The molecule has 0 spiro atoms. The van der Waals surface area contributed by atoms with Crippen molar-refractivity contribution in [3.05, 3.63) is 28.5 Å². The first-order chi connectivity index (χ1) is 7.61. The van der Waals surface area contributed by atoms with Gasteiger partial charge >= 0.3 is 0 Å². The van der Waals surface area contributed by atoms with E-state index in [0.717, 1.165) is 6.42 Å². The number of amides is 1. The zero-order chi connectivity index (χ0) is 11.6. The molecule has 86 valence electrons. The quantitative estimate of drug-likeness (QED) is 0.842. The fourth-order valence-corrected chi connectivity index (χ4v) is 2.09. The fraction of sp³-hybridized carbons (Fsp3) is 0.455. The van der Waals surface area contributed by atoms with Gasteiger partial charge in [-0.15, -0.1) is 0 Å². The van der Waals surface area contributed by atoms with Crippen molar-refractivity contribution < 1.29 is 9.53 Å². The van der Waals surface area contributed by atoms with Crippen molar-refractivity contribution in [2.45, 2.75) is 18.9 Å². The molecule has 2 rings (SSSR count). The van der Waals surface area contributed by atoms with E-state index < -0.39 is 0 Å². The molecule has 1 unspecified atom stereocenters. The number of nitrogens with one attached hydrogen (secondary N) is 1. The lowest BCUT2D eigenvalue weighted by molar-refractivity contribution is 0.0888. The standard InChI is InChI=1S/C11H13BrN2O2/c1-11(4-6-16-7-11)14-10(15)8-3-2-5-13-9(8)12/h2-3,5H,4,6-7H2,1H3,(H,14,15). The number of ether oxygens (including phenoxy) is 1. The summed E-state index contributed by atoms with van der Waals surface area (Å²) in [7, 11) is 0. The summed E-state index contributed by atoms with van der Waals surface area (Å²) in [6.07, 6.45) is 2.48. The minimum Gasteiger partial charge on any atom is -0.379 e. The Morgan fingerprint density at radius 3 is 3.12 bits per heavy atom. The maximum Gasteiger partial charge on any atom is 0.254 e. The van der Waals surface area contributed by atoms with E-state index in [1.165, 1.54) is 0 Å². The molecule has 16 heavy (non-hydrogen) atoms. The Labute approximate surface area is 103 Å². The highest BCUT2D eigenvalue weighted by Crippen LogP contribution is 2.19. The minimum atomic E-state index is -0.258. The van der Waals surface area contributed by atoms with Gasteiger partial charge in [-0.1, -0.05) is 0 Å². The second-order valence-corrected chi connectivity index (χ2v) is 4.91. The van der Waals surface area contributed by atoms with Gasteiger partial charge in [-0.3, -0.25) is 4.79 Å². The van der Waals surface area contributed by atoms with Crippen molar-refractivity contribution in [2.75, 3.05) is 13.2 Å². The zero-order valence-electron chi connectivity index (χ0n) is 9.00. The third-order valence-electron chi connectivity index (χ3n) is 2.64. The van der Waals surface area contributed by atoms with Crippen LogP contribution in [0.15, 0.2) is 22.9 Å². The summed E-state index contributed by atoms with van der Waals surface area (Å²) < 4.78 is 5.85. The lowest BCUT2D eigenvalue weighted by Crippen LogP contribution is -2.46. The molecule has 1 atom stereocenters. The van der Waals surface area contributed by atoms with E-state index >= 15 is 0 Å². The van der Waals surface area contributed by atoms with Crippen LogP contribution in [0.4, 0.5) is 0 Å². The Kier molecular flexibility index (Phi) is 3.25. The molecular weight excluding hydrogens is 272 g/mol. The van der Waals surface area contributed by atoms with Gasteiger partial charge < -0.3 is 10.1 Å². The molecule has 1 aromatic heterocycles. The molecule has 1 saturated heterocycles. The first kappa shape index (κ1) is 11.5. The van der Waals surface area contributed by atoms with Crippen molar-refractivity contribution in [1.82, 2.24) is 10.3 Å². The van der Waals surface area contributed by atoms with Gasteiger partial charge in [0.25, 0.3) is 5.91 Å². The van der Waals surface area contributed by atoms with Crippen LogP contribution in [0.25, 0.3) is 0 Å². The molecule has 1 aliphatic heterocycles. The fourth-order valence-electron chi connectivity index (χ4n) is 1.66. The van der Waals surface area contributed by atoms with Gasteiger partial charge in [0.2, 0.25) is 0 Å². The van der Waals surface area contributed by atoms with E-state index in [4.69, 9.17) is 4.74 Å². The summed E-state index contributed by atoms with van der Waals surface area (Å²) in [5, 5.41) is 2.98. The van der Waals surface area contributed by atoms with Crippen LogP contribution >= 0.6 is 15.9 Å². The predicted molar refractivity (Wildman–Crippen MR) is 63.2 cm³/mol. The lowest BCUT2D eigenvalue weighted by atomic mass is 10.0. The number of carbonyl (C=O) groups excluding carboxylic acids is 1. The monoisotopic (exact) mass is 284 g/mol. The highest BCUT2D eigenvalue weighted by Gasteiger charge is 2.31. The largest absolute Gasteiger partial charge is 0.379 e. The second kappa shape index (κ2) is 4.51. The predicted octanol–water partition coefficient (Wildman–Crippen LogP) is 1.75. The number of rotatable bonds is 2. The molecular formula is C11H13BrN2O2. The van der Waals surface area contributed by atoms with E-state index in [9.17, 15) is 4.79 Å². The average Bonchev–Trinajstić information content (AvgIpc) is 2.65. The van der Waals surface area contributed by atoms with Gasteiger partial charge in [-0.25, -0.2) is 4.98 Å². The summed E-state index contributed by atoms with van der Waals surface area (Å²) in [4.78, 5) is 16.0. The second-order valence-electron chi connectivity index (χ2n) is 4.16. The number of carbonyl (C=O) groups is 1. The van der Waals surface area contributed by atoms with Crippen molar-refractivity contribution >= 4 is 21.8 Å². The average molecular weight is 285 g/mol. The number of nitrogens with zero attached hydrogens (tertiary/aromatic N) is 1. The lowest BCUT2D eigenvalue weighted by Gasteiger charge is -2.23. The van der Waals surface area contributed by atoms with Crippen molar-refractivity contribution in [2.24, 2.45) is 0 Å². The van der Waals surface area contributed by atoms with Crippen molar-refractivity contribution in [3.8, 4) is 0 Å². The molecule has 1 N–H and O–H groups in total. The Balaban J connectivity index is 2.11. The van der Waals surface area contributed by atoms with Gasteiger partial charge in [0.15, 0.2) is 0 Å². The van der Waals surface area contributed by atoms with Gasteiger partial charge in [0.1, 0.15) is 4.60 Å². The van der Waals surface area contributed by atoms with Gasteiger partial charge in [-0.2, -0.15) is 0 Å². The molecule has 0 bridgehead atoms. The SMILES string of the molecule is CC1(NC(=O)c2cccnc2Br)CCOC1. The summed E-state index contributed by atoms with van der Waals surface area (Å²) in [6.45, 7) is 3.25. The van der Waals surface area contributed by atoms with Crippen LogP contribution in [0.2, 0.25) is 0 Å². The van der Waals surface area contributed by atoms with Crippen LogP contribution in [-0.4, -0.2) is 29.6 Å². The minimum absolute atomic E-state index is 0.118. The van der Waals surface area contributed by atoms with Crippen LogP contribution in [0.3, 0.4) is 0 Å². The Morgan fingerprint density at radius 1 is 1.69 bits per heavy atom. The van der Waals surface area contributed by atoms with E-state index in [2.05, 4.69) is 26.2 Å². The van der Waals surface area contributed by atoms with Crippen LogP contribution in [0, 0.1) is 0 Å². The Morgan fingerprint density at radius 2 is 2.50 bits per heavy atom. The Bertz CT molecular complexity index is 403. The summed E-state index contributed by atoms with van der Waals surface area (Å²) in [6, 6.07) is 3.48. The van der Waals surface area contributed by atoms with E-state index in [1.807, 2.05) is 6.92 Å². The number of hydrogen-bond donors (Lipinski definition) is 1. The maximum absolute atomic E-state index is 12.0.